The van der Waals surface area contributed by atoms with E-state index in [1.165, 1.54) is 0 Å². The smallest absolute Gasteiger partial charge is 0.191 e. The summed E-state index contributed by atoms with van der Waals surface area (Å²) in [4.78, 5) is 15.8. The van der Waals surface area contributed by atoms with Gasteiger partial charge < -0.3 is 4.74 Å². The molecule has 1 heterocycles. The third kappa shape index (κ3) is 2.54. The molecule has 0 aromatic heterocycles. The van der Waals surface area contributed by atoms with Crippen molar-refractivity contribution in [3.8, 4) is 0 Å². The van der Waals surface area contributed by atoms with Crippen LogP contribution in [0.5, 0.6) is 0 Å². The quantitative estimate of drug-likeness (QED) is 0.621. The van der Waals surface area contributed by atoms with Gasteiger partial charge >= 0.3 is 0 Å². The first kappa shape index (κ1) is 10.2. The Labute approximate surface area is 79.2 Å². The molecule has 1 aliphatic rings. The number of carbonyl (C=O) groups is 1. The van der Waals surface area contributed by atoms with E-state index in [1.807, 2.05) is 27.7 Å². The predicted octanol–water partition coefficient (Wildman–Crippen LogP) is 1.81. The number of ether oxygens (including phenoxy) is 1. The third-order valence-electron chi connectivity index (χ3n) is 2.28. The zero-order valence-corrected chi connectivity index (χ0v) is 8.70. The van der Waals surface area contributed by atoms with Crippen LogP contribution in [0.25, 0.3) is 0 Å². The topological polar surface area (TPSA) is 38.7 Å². The number of hydrogen-bond donors (Lipinski definition) is 0. The average molecular weight is 183 g/mol. The van der Waals surface area contributed by atoms with Crippen molar-refractivity contribution in [3.05, 3.63) is 0 Å². The second kappa shape index (κ2) is 3.90. The van der Waals surface area contributed by atoms with Crippen molar-refractivity contribution < 1.29 is 9.53 Å². The molecule has 3 heteroatoms. The predicted molar refractivity (Wildman–Crippen MR) is 51.9 cm³/mol. The first-order valence-electron chi connectivity index (χ1n) is 4.76. The maximum absolute atomic E-state index is 11.4. The highest BCUT2D eigenvalue weighted by Crippen LogP contribution is 2.17. The molecular weight excluding hydrogens is 166 g/mol. The molecule has 0 saturated heterocycles. The Morgan fingerprint density at radius 2 is 2.08 bits per heavy atom. The molecule has 0 bridgehead atoms. The molecule has 0 aromatic carbocycles. The number of Topliss-reactive ketones (excluding diaryl/α,β-unsaturated/α-hetero) is 1. The molecule has 0 amide bonds. The summed E-state index contributed by atoms with van der Waals surface area (Å²) in [7, 11) is 0. The van der Waals surface area contributed by atoms with Crippen LogP contribution >= 0.6 is 0 Å². The molecule has 1 aliphatic heterocycles. The van der Waals surface area contributed by atoms with Crippen LogP contribution in [0.4, 0.5) is 0 Å². The monoisotopic (exact) mass is 183 g/mol. The van der Waals surface area contributed by atoms with Crippen molar-refractivity contribution >= 4 is 11.7 Å². The molecule has 0 fully saturated rings. The van der Waals surface area contributed by atoms with E-state index < -0.39 is 0 Å². The maximum atomic E-state index is 11.4. The Balaban J connectivity index is 2.67. The van der Waals surface area contributed by atoms with Crippen LogP contribution in [0.3, 0.4) is 0 Å². The second-order valence-electron chi connectivity index (χ2n) is 3.86. The molecule has 0 radical (unpaired) electrons. The number of carbonyl (C=O) groups excluding carboxylic acids is 1. The largest absolute Gasteiger partial charge is 0.478 e. The van der Waals surface area contributed by atoms with E-state index in [2.05, 4.69) is 4.99 Å². The lowest BCUT2D eigenvalue weighted by molar-refractivity contribution is -0.122. The zero-order chi connectivity index (χ0) is 10.0. The Morgan fingerprint density at radius 1 is 1.46 bits per heavy atom. The summed E-state index contributed by atoms with van der Waals surface area (Å²) in [6.45, 7) is 7.75. The van der Waals surface area contributed by atoms with Crippen LogP contribution in [0.1, 0.15) is 34.1 Å². The number of hydrogen-bond acceptors (Lipinski definition) is 3. The van der Waals surface area contributed by atoms with E-state index in [-0.39, 0.29) is 23.8 Å². The molecule has 1 rings (SSSR count). The fourth-order valence-electron chi connectivity index (χ4n) is 1.31. The number of ketones is 1. The van der Waals surface area contributed by atoms with Crippen molar-refractivity contribution in [3.63, 3.8) is 0 Å². The van der Waals surface area contributed by atoms with Gasteiger partial charge in [0.1, 0.15) is 5.78 Å². The minimum Gasteiger partial charge on any atom is -0.478 e. The van der Waals surface area contributed by atoms with Gasteiger partial charge in [-0.25, -0.2) is 0 Å². The molecule has 13 heavy (non-hydrogen) atoms. The van der Waals surface area contributed by atoms with E-state index in [4.69, 9.17) is 4.74 Å². The zero-order valence-electron chi connectivity index (χ0n) is 8.70. The van der Waals surface area contributed by atoms with Crippen molar-refractivity contribution in [1.82, 2.24) is 0 Å². The van der Waals surface area contributed by atoms with Crippen molar-refractivity contribution in [2.75, 3.05) is 0 Å². The van der Waals surface area contributed by atoms with Crippen LogP contribution in [0.15, 0.2) is 4.99 Å². The van der Waals surface area contributed by atoms with Gasteiger partial charge in [-0.3, -0.25) is 9.79 Å². The van der Waals surface area contributed by atoms with Gasteiger partial charge in [-0.2, -0.15) is 0 Å². The Hall–Kier alpha value is -0.860. The SMILES string of the molecule is CC(C)OC1=NC(C)C(C)C(=O)C1. The maximum Gasteiger partial charge on any atom is 0.191 e. The summed E-state index contributed by atoms with van der Waals surface area (Å²) in [6, 6.07) is 0.0648. The molecule has 3 nitrogen and oxygen atoms in total. The number of aliphatic imine (C=N–C) groups is 1. The van der Waals surface area contributed by atoms with Crippen molar-refractivity contribution in [2.45, 2.75) is 46.3 Å². The lowest BCUT2D eigenvalue weighted by Crippen LogP contribution is -2.32. The molecule has 0 aliphatic carbocycles. The Bertz CT molecular complexity index is 233. The number of nitrogens with zero attached hydrogens (tertiary/aromatic N) is 1. The van der Waals surface area contributed by atoms with Gasteiger partial charge in [0.05, 0.1) is 18.6 Å². The summed E-state index contributed by atoms with van der Waals surface area (Å²) in [5.74, 6) is 0.878. The van der Waals surface area contributed by atoms with Crippen molar-refractivity contribution in [1.29, 1.82) is 0 Å². The molecule has 0 aromatic rings. The lowest BCUT2D eigenvalue weighted by Gasteiger charge is -2.23. The van der Waals surface area contributed by atoms with Gasteiger partial charge in [0.15, 0.2) is 5.90 Å². The minimum atomic E-state index is 0.0412. The van der Waals surface area contributed by atoms with Crippen LogP contribution in [-0.2, 0) is 9.53 Å². The normalized spacial score (nSPS) is 29.0. The van der Waals surface area contributed by atoms with E-state index in [0.29, 0.717) is 12.3 Å². The first-order chi connectivity index (χ1) is 6.00. The fourth-order valence-corrected chi connectivity index (χ4v) is 1.31. The highest BCUT2D eigenvalue weighted by atomic mass is 16.5. The summed E-state index contributed by atoms with van der Waals surface area (Å²) in [5.41, 5.74) is 0. The molecule has 0 spiro atoms. The highest BCUT2D eigenvalue weighted by Gasteiger charge is 2.27. The van der Waals surface area contributed by atoms with Crippen LogP contribution < -0.4 is 0 Å². The van der Waals surface area contributed by atoms with E-state index in [0.717, 1.165) is 0 Å². The first-order valence-corrected chi connectivity index (χ1v) is 4.76. The van der Waals surface area contributed by atoms with Gasteiger partial charge in [0.2, 0.25) is 0 Å². The number of rotatable bonds is 1. The van der Waals surface area contributed by atoms with Gasteiger partial charge in [0.25, 0.3) is 0 Å². The highest BCUT2D eigenvalue weighted by molar-refractivity contribution is 6.01. The summed E-state index contributed by atoms with van der Waals surface area (Å²) in [5, 5.41) is 0. The van der Waals surface area contributed by atoms with Gasteiger partial charge in [0, 0.05) is 5.92 Å². The van der Waals surface area contributed by atoms with E-state index >= 15 is 0 Å². The molecular formula is C10H17NO2. The van der Waals surface area contributed by atoms with E-state index in [9.17, 15) is 4.79 Å². The second-order valence-corrected chi connectivity index (χ2v) is 3.86. The van der Waals surface area contributed by atoms with Crippen LogP contribution in [0, 0.1) is 5.92 Å². The summed E-state index contributed by atoms with van der Waals surface area (Å²) in [6.07, 6.45) is 0.469. The average Bonchev–Trinajstić information content (AvgIpc) is 1.98. The minimum absolute atomic E-state index is 0.0412. The summed E-state index contributed by atoms with van der Waals surface area (Å²) < 4.78 is 5.41. The van der Waals surface area contributed by atoms with E-state index in [1.54, 1.807) is 0 Å². The third-order valence-corrected chi connectivity index (χ3v) is 2.28. The molecule has 0 saturated carbocycles. The van der Waals surface area contributed by atoms with Gasteiger partial charge in [-0.05, 0) is 20.8 Å². The molecule has 74 valence electrons. The van der Waals surface area contributed by atoms with Crippen molar-refractivity contribution in [2.24, 2.45) is 10.9 Å². The molecule has 2 unspecified atom stereocenters. The molecule has 0 N–H and O–H groups in total. The Morgan fingerprint density at radius 3 is 2.54 bits per heavy atom. The van der Waals surface area contributed by atoms with Crippen LogP contribution in [0.2, 0.25) is 0 Å². The van der Waals surface area contributed by atoms with Gasteiger partial charge in [-0.15, -0.1) is 0 Å². The van der Waals surface area contributed by atoms with Crippen LogP contribution in [-0.4, -0.2) is 23.8 Å². The molecule has 2 atom stereocenters. The Kier molecular flexibility index (Phi) is 3.07. The van der Waals surface area contributed by atoms with Gasteiger partial charge in [-0.1, -0.05) is 6.92 Å². The fraction of sp³-hybridized carbons (Fsp3) is 0.800. The standard InChI is InChI=1S/C10H17NO2/c1-6(2)13-10-5-9(12)7(3)8(4)11-10/h6-8H,5H2,1-4H3. The lowest BCUT2D eigenvalue weighted by atomic mass is 9.94. The summed E-state index contributed by atoms with van der Waals surface area (Å²) >= 11 is 0.